The van der Waals surface area contributed by atoms with Crippen LogP contribution < -0.4 is 5.56 Å². The monoisotopic (exact) mass is 794 g/mol. The van der Waals surface area contributed by atoms with Crippen molar-refractivity contribution in [2.75, 3.05) is 0 Å². The van der Waals surface area contributed by atoms with Crippen molar-refractivity contribution >= 4 is 114 Å². The van der Waals surface area contributed by atoms with E-state index in [0.29, 0.717) is 0 Å². The molecule has 2 aromatic heterocycles. The lowest BCUT2D eigenvalue weighted by molar-refractivity contribution is 1.19. The maximum atomic E-state index is 14.4. The Morgan fingerprint density at radius 1 is 0.302 bits per heavy atom. The molecule has 2 heterocycles. The largest absolute Gasteiger partial charge is 0.268 e. The van der Waals surface area contributed by atoms with Gasteiger partial charge in [0.2, 0.25) is 0 Å². The molecule has 16 rings (SSSR count). The van der Waals surface area contributed by atoms with E-state index >= 15 is 0 Å². The first kappa shape index (κ1) is 32.4. The fraction of sp³-hybridized carbons (Fsp3) is 0. The Balaban J connectivity index is 1.04. The van der Waals surface area contributed by atoms with Crippen molar-refractivity contribution in [1.29, 1.82) is 0 Å². The summed E-state index contributed by atoms with van der Waals surface area (Å²) < 4.78 is 1.80. The van der Waals surface area contributed by atoms with Gasteiger partial charge in [0, 0.05) is 16.2 Å². The van der Waals surface area contributed by atoms with Crippen LogP contribution in [0.25, 0.3) is 158 Å². The maximum absolute atomic E-state index is 14.4. The summed E-state index contributed by atoms with van der Waals surface area (Å²) in [5.41, 5.74) is 12.7. The number of hydrogen-bond donors (Lipinski definition) is 0. The number of fused-ring (bicyclic) bond motifs is 12. The third-order valence-electron chi connectivity index (χ3n) is 14.8. The van der Waals surface area contributed by atoms with E-state index in [1.165, 1.54) is 120 Å². The number of rotatable bonds is 2. The van der Waals surface area contributed by atoms with Gasteiger partial charge in [-0.05, 0) is 150 Å². The molecule has 0 unspecified atom stereocenters. The molecule has 0 fully saturated rings. The van der Waals surface area contributed by atoms with Gasteiger partial charge < -0.3 is 0 Å². The van der Waals surface area contributed by atoms with Crippen molar-refractivity contribution in [1.82, 2.24) is 9.38 Å². The normalized spacial score (nSPS) is 12.8. The Bertz CT molecular complexity index is 4410. The Morgan fingerprint density at radius 3 is 1.19 bits per heavy atom. The molecule has 1 aliphatic rings. The molecule has 63 heavy (non-hydrogen) atoms. The summed E-state index contributed by atoms with van der Waals surface area (Å²) in [5, 5.41) is 21.5. The van der Waals surface area contributed by atoms with Crippen LogP contribution in [0.2, 0.25) is 0 Å². The van der Waals surface area contributed by atoms with Crippen molar-refractivity contribution in [3.05, 3.63) is 192 Å². The zero-order valence-corrected chi connectivity index (χ0v) is 33.6. The molecule has 3 nitrogen and oxygen atoms in total. The minimum atomic E-state index is -0.0197. The van der Waals surface area contributed by atoms with Crippen LogP contribution in [0.15, 0.2) is 187 Å². The number of hydrogen-bond acceptors (Lipinski definition) is 2. The highest BCUT2D eigenvalue weighted by Crippen LogP contribution is 2.60. The molecule has 1 aliphatic carbocycles. The third-order valence-corrected chi connectivity index (χ3v) is 14.8. The Kier molecular flexibility index (Phi) is 5.70. The van der Waals surface area contributed by atoms with Gasteiger partial charge in [0.05, 0.1) is 11.0 Å². The highest BCUT2D eigenvalue weighted by molar-refractivity contribution is 6.45. The van der Waals surface area contributed by atoms with E-state index in [1.807, 2.05) is 24.3 Å². The van der Waals surface area contributed by atoms with Gasteiger partial charge in [0.1, 0.15) is 5.65 Å². The Hall–Kier alpha value is -8.40. The van der Waals surface area contributed by atoms with Crippen LogP contribution in [0.1, 0.15) is 0 Å². The number of benzene rings is 13. The molecule has 0 amide bonds. The van der Waals surface area contributed by atoms with E-state index in [-0.39, 0.29) is 5.56 Å². The fourth-order valence-corrected chi connectivity index (χ4v) is 12.4. The second-order valence-electron chi connectivity index (χ2n) is 17.6. The van der Waals surface area contributed by atoms with Gasteiger partial charge in [-0.3, -0.25) is 9.20 Å². The molecule has 13 aromatic carbocycles. The van der Waals surface area contributed by atoms with Crippen LogP contribution in [-0.2, 0) is 0 Å². The van der Waals surface area contributed by atoms with Crippen LogP contribution in [0, 0.1) is 0 Å². The highest BCUT2D eigenvalue weighted by Gasteiger charge is 2.32. The van der Waals surface area contributed by atoms with E-state index in [1.54, 1.807) is 4.40 Å². The highest BCUT2D eigenvalue weighted by atomic mass is 16.1. The first-order chi connectivity index (χ1) is 31.2. The minimum Gasteiger partial charge on any atom is -0.268 e. The molecule has 0 radical (unpaired) electrons. The lowest BCUT2D eigenvalue weighted by atomic mass is 9.82. The van der Waals surface area contributed by atoms with Crippen molar-refractivity contribution in [3.63, 3.8) is 0 Å². The van der Waals surface area contributed by atoms with Crippen LogP contribution in [0.5, 0.6) is 0 Å². The maximum Gasteiger partial charge on any atom is 0.264 e. The molecule has 0 atom stereocenters. The zero-order valence-electron chi connectivity index (χ0n) is 33.6. The molecule has 0 spiro atoms. The molecular formula is C60H30N2O. The van der Waals surface area contributed by atoms with Gasteiger partial charge in [-0.25, -0.2) is 4.98 Å². The smallest absolute Gasteiger partial charge is 0.264 e. The molecule has 0 aliphatic heterocycles. The third kappa shape index (κ3) is 3.73. The summed E-state index contributed by atoms with van der Waals surface area (Å²) in [6.07, 6.45) is 0. The van der Waals surface area contributed by atoms with Crippen molar-refractivity contribution in [2.24, 2.45) is 0 Å². The Labute approximate surface area is 358 Å². The summed E-state index contributed by atoms with van der Waals surface area (Å²) in [5.74, 6) is 0. The summed E-state index contributed by atoms with van der Waals surface area (Å²) in [4.78, 5) is 19.4. The van der Waals surface area contributed by atoms with Gasteiger partial charge in [-0.2, -0.15) is 0 Å². The van der Waals surface area contributed by atoms with E-state index in [9.17, 15) is 4.79 Å². The molecule has 15 aromatic rings. The van der Waals surface area contributed by atoms with Gasteiger partial charge in [-0.15, -0.1) is 0 Å². The summed E-state index contributed by atoms with van der Waals surface area (Å²) in [7, 11) is 0. The standard InChI is InChI=1S/C60H30N2O/c63-60-46-30-26-42-38-22-20-36-40-24-28-44-55-43(57-49(31-11-3-1-4-12-31)33-15-7-8-16-34(33)50(58(44)57)32-13-5-2-6-14-32)27-23-39(53(40)55)35-19-21-37(52(38)51(35)36)41-25-29-45(56(46)54(41)42)59-61-47-17-9-10-18-48(47)62(59)60/h1-30H. The van der Waals surface area contributed by atoms with Gasteiger partial charge >= 0.3 is 0 Å². The lowest BCUT2D eigenvalue weighted by Crippen LogP contribution is -2.13. The van der Waals surface area contributed by atoms with Gasteiger partial charge in [0.25, 0.3) is 5.56 Å². The van der Waals surface area contributed by atoms with Crippen LogP contribution in [-0.4, -0.2) is 9.38 Å². The van der Waals surface area contributed by atoms with E-state index < -0.39 is 0 Å². The summed E-state index contributed by atoms with van der Waals surface area (Å²) in [6, 6.07) is 66.6. The predicted molar refractivity (Wildman–Crippen MR) is 265 cm³/mol. The number of aromatic nitrogens is 2. The molecule has 0 N–H and O–H groups in total. The number of imidazole rings is 1. The topological polar surface area (TPSA) is 34.4 Å². The van der Waals surface area contributed by atoms with Crippen molar-refractivity contribution < 1.29 is 0 Å². The van der Waals surface area contributed by atoms with E-state index in [0.717, 1.165) is 38.2 Å². The molecule has 0 bridgehead atoms. The number of pyridine rings is 1. The zero-order chi connectivity index (χ0) is 40.8. The summed E-state index contributed by atoms with van der Waals surface area (Å²) in [6.45, 7) is 0. The molecule has 0 saturated heterocycles. The van der Waals surface area contributed by atoms with E-state index in [2.05, 4.69) is 158 Å². The van der Waals surface area contributed by atoms with Crippen molar-refractivity contribution in [2.45, 2.75) is 0 Å². The fourth-order valence-electron chi connectivity index (χ4n) is 12.4. The molecule has 286 valence electrons. The van der Waals surface area contributed by atoms with Crippen LogP contribution >= 0.6 is 0 Å². The first-order valence-corrected chi connectivity index (χ1v) is 21.8. The second kappa shape index (κ2) is 11.1. The van der Waals surface area contributed by atoms with Crippen LogP contribution in [0.4, 0.5) is 0 Å². The second-order valence-corrected chi connectivity index (χ2v) is 17.6. The quantitative estimate of drug-likeness (QED) is 0.129. The molecular weight excluding hydrogens is 765 g/mol. The predicted octanol–water partition coefficient (Wildman–Crippen LogP) is 15.5. The average molecular weight is 795 g/mol. The van der Waals surface area contributed by atoms with Gasteiger partial charge in [0.15, 0.2) is 0 Å². The summed E-state index contributed by atoms with van der Waals surface area (Å²) >= 11 is 0. The van der Waals surface area contributed by atoms with Crippen LogP contribution in [0.3, 0.4) is 0 Å². The minimum absolute atomic E-state index is 0.0197. The molecule has 0 saturated carbocycles. The number of nitrogens with zero attached hydrogens (tertiary/aromatic N) is 2. The first-order valence-electron chi connectivity index (χ1n) is 21.8. The number of para-hydroxylation sites is 2. The lowest BCUT2D eigenvalue weighted by Gasteiger charge is -2.20. The molecule has 3 heteroatoms. The average Bonchev–Trinajstić information content (AvgIpc) is 3.90. The van der Waals surface area contributed by atoms with Crippen molar-refractivity contribution in [3.8, 4) is 44.5 Å². The Morgan fingerprint density at radius 2 is 0.683 bits per heavy atom. The SMILES string of the molecule is O=c1c2ccc3c4ccc5c6ccc7c8c(ccc(c9ccc(c%10ccc(c2c3%10)c2nc3ccccc3n12)c4c59)c86)-c1c-7c(-c2ccccc2)c2ccccc2c1-c1ccccc1. The van der Waals surface area contributed by atoms with Gasteiger partial charge in [-0.1, -0.05) is 158 Å². The van der Waals surface area contributed by atoms with E-state index in [4.69, 9.17) is 4.98 Å².